The molecule has 3 atom stereocenters. The zero-order valence-corrected chi connectivity index (χ0v) is 55.1. The normalized spacial score (nSPS) is 13.7. The topological polar surface area (TPSA) is 105 Å². The van der Waals surface area contributed by atoms with Gasteiger partial charge in [0.2, 0.25) is 5.91 Å². The van der Waals surface area contributed by atoms with Crippen LogP contribution in [0.3, 0.4) is 0 Å². The Labute approximate surface area is 494 Å². The smallest absolute Gasteiger partial charge is 0.387 e. The van der Waals surface area contributed by atoms with E-state index in [1.165, 1.54) is 327 Å². The van der Waals surface area contributed by atoms with E-state index < -0.39 is 20.0 Å². The van der Waals surface area contributed by atoms with Crippen LogP contribution in [0.1, 0.15) is 380 Å². The molecule has 0 spiro atoms. The van der Waals surface area contributed by atoms with Gasteiger partial charge in [-0.2, -0.15) is 0 Å². The van der Waals surface area contributed by atoms with Gasteiger partial charge >= 0.3 is 7.82 Å². The Balaban J connectivity index is 4.02. The van der Waals surface area contributed by atoms with Gasteiger partial charge in [0.25, 0.3) is 0 Å². The number of nitrogens with zero attached hydrogens (tertiary/aromatic N) is 1. The third-order valence-corrected chi connectivity index (χ3v) is 17.7. The van der Waals surface area contributed by atoms with Crippen LogP contribution in [-0.4, -0.2) is 73.4 Å². The maximum Gasteiger partial charge on any atom is 0.472 e. The number of carbonyl (C=O) groups is 1. The molecule has 0 aromatic rings. The Morgan fingerprint density at radius 1 is 0.418 bits per heavy atom. The quantitative estimate of drug-likeness (QED) is 0.0243. The second-order valence-electron chi connectivity index (χ2n) is 26.0. The number of hydrogen-bond acceptors (Lipinski definition) is 5. The van der Waals surface area contributed by atoms with E-state index in [9.17, 15) is 19.4 Å². The predicted molar refractivity (Wildman–Crippen MR) is 346 cm³/mol. The van der Waals surface area contributed by atoms with Crippen molar-refractivity contribution >= 4 is 13.7 Å². The first-order chi connectivity index (χ1) is 38.5. The van der Waals surface area contributed by atoms with Crippen LogP contribution >= 0.6 is 7.82 Å². The number of phosphoric acid groups is 1. The SMILES string of the molecule is CCCCCCCCCCCCCCCCCCCCCCCCCCCCCCC/C=C/C(O)C(COP(=O)(O)OCC[N+](C)(C)C)NC(=O)CCCCCCCCCCCCCCCCCCCCCCCCCCCC. The first kappa shape index (κ1) is 78.2. The Hall–Kier alpha value is -0.760. The number of unbranched alkanes of at least 4 members (excludes halogenated alkanes) is 54. The van der Waals surface area contributed by atoms with Gasteiger partial charge in [0, 0.05) is 6.42 Å². The lowest BCUT2D eigenvalue weighted by Gasteiger charge is -2.25. The van der Waals surface area contributed by atoms with Gasteiger partial charge in [0.1, 0.15) is 13.2 Å². The van der Waals surface area contributed by atoms with Crippen LogP contribution in [0.15, 0.2) is 12.2 Å². The summed E-state index contributed by atoms with van der Waals surface area (Å²) in [5, 5.41) is 14.0. The average Bonchev–Trinajstić information content (AvgIpc) is 3.42. The molecule has 0 rings (SSSR count). The molecule has 8 nitrogen and oxygen atoms in total. The highest BCUT2D eigenvalue weighted by molar-refractivity contribution is 7.47. The standard InChI is InChI=1S/C70H141N2O6P/c1-6-8-10-12-14-16-18-20-22-24-26-28-30-32-34-35-36-37-38-39-41-43-45-47-49-51-53-55-57-59-61-63-69(73)68(67-78-79(75,76)77-66-65-72(3,4)5)71-70(74)64-62-60-58-56-54-52-50-48-46-44-42-40-33-31-29-27-25-23-21-19-17-15-13-11-9-7-2/h61,63,68-69,73H,6-60,62,64-67H2,1-5H3,(H-,71,74,75,76)/p+1/b63-61+. The first-order valence-corrected chi connectivity index (χ1v) is 37.1. The molecule has 472 valence electrons. The van der Waals surface area contributed by atoms with Crippen LogP contribution in [0.25, 0.3) is 0 Å². The van der Waals surface area contributed by atoms with E-state index in [0.29, 0.717) is 17.4 Å². The summed E-state index contributed by atoms with van der Waals surface area (Å²) in [6.07, 6.45) is 79.4. The van der Waals surface area contributed by atoms with E-state index in [-0.39, 0.29) is 19.1 Å². The number of quaternary nitrogens is 1. The summed E-state index contributed by atoms with van der Waals surface area (Å²) in [6.45, 7) is 4.89. The Morgan fingerprint density at radius 2 is 0.671 bits per heavy atom. The minimum Gasteiger partial charge on any atom is -0.387 e. The Morgan fingerprint density at radius 3 is 0.937 bits per heavy atom. The van der Waals surface area contributed by atoms with Crippen molar-refractivity contribution in [3.05, 3.63) is 12.2 Å². The fourth-order valence-corrected chi connectivity index (χ4v) is 12.0. The number of allylic oxidation sites excluding steroid dienone is 1. The fourth-order valence-electron chi connectivity index (χ4n) is 11.2. The van der Waals surface area contributed by atoms with Crippen LogP contribution < -0.4 is 5.32 Å². The number of hydrogen-bond donors (Lipinski definition) is 3. The van der Waals surface area contributed by atoms with E-state index in [1.54, 1.807) is 6.08 Å². The van der Waals surface area contributed by atoms with Gasteiger partial charge < -0.3 is 19.8 Å². The maximum atomic E-state index is 13.0. The van der Waals surface area contributed by atoms with Gasteiger partial charge in [-0.15, -0.1) is 0 Å². The molecule has 0 radical (unpaired) electrons. The van der Waals surface area contributed by atoms with Gasteiger partial charge in [-0.1, -0.05) is 366 Å². The zero-order chi connectivity index (χ0) is 57.7. The number of aliphatic hydroxyl groups excluding tert-OH is 1. The van der Waals surface area contributed by atoms with Crippen LogP contribution in [0.2, 0.25) is 0 Å². The average molecular weight is 1140 g/mol. The summed E-state index contributed by atoms with van der Waals surface area (Å²) in [5.74, 6) is -0.167. The molecule has 0 heterocycles. The molecule has 1 amide bonds. The molecule has 0 aliphatic carbocycles. The van der Waals surface area contributed by atoms with Gasteiger partial charge in [0.15, 0.2) is 0 Å². The summed E-state index contributed by atoms with van der Waals surface area (Å²) in [5.41, 5.74) is 0. The van der Waals surface area contributed by atoms with E-state index in [2.05, 4.69) is 19.2 Å². The maximum absolute atomic E-state index is 13.0. The monoisotopic (exact) mass is 1140 g/mol. The van der Waals surface area contributed by atoms with Gasteiger partial charge in [-0.05, 0) is 19.3 Å². The number of rotatable bonds is 67. The molecule has 0 bridgehead atoms. The van der Waals surface area contributed by atoms with Crippen molar-refractivity contribution in [2.45, 2.75) is 392 Å². The van der Waals surface area contributed by atoms with Crippen molar-refractivity contribution in [3.8, 4) is 0 Å². The third-order valence-electron chi connectivity index (χ3n) is 16.8. The molecule has 0 aromatic heterocycles. The van der Waals surface area contributed by atoms with Crippen LogP contribution in [0.5, 0.6) is 0 Å². The molecule has 0 aromatic carbocycles. The van der Waals surface area contributed by atoms with Crippen LogP contribution in [0, 0.1) is 0 Å². The third kappa shape index (κ3) is 64.7. The summed E-state index contributed by atoms with van der Waals surface area (Å²) in [6, 6.07) is -0.844. The van der Waals surface area contributed by atoms with Crippen LogP contribution in [0.4, 0.5) is 0 Å². The van der Waals surface area contributed by atoms with Crippen molar-refractivity contribution in [1.29, 1.82) is 0 Å². The number of nitrogens with one attached hydrogen (secondary N) is 1. The summed E-state index contributed by atoms with van der Waals surface area (Å²) in [4.78, 5) is 23.4. The minimum atomic E-state index is -4.35. The molecule has 0 fully saturated rings. The van der Waals surface area contributed by atoms with Gasteiger partial charge in [-0.3, -0.25) is 13.8 Å². The van der Waals surface area contributed by atoms with Gasteiger partial charge in [-0.25, -0.2) is 4.57 Å². The molecular formula is C70H142N2O6P+. The first-order valence-electron chi connectivity index (χ1n) is 35.6. The lowest BCUT2D eigenvalue weighted by molar-refractivity contribution is -0.870. The second-order valence-corrected chi connectivity index (χ2v) is 27.4. The number of amides is 1. The molecule has 3 N–H and O–H groups in total. The highest BCUT2D eigenvalue weighted by atomic mass is 31.2. The largest absolute Gasteiger partial charge is 0.472 e. The second kappa shape index (κ2) is 61.8. The predicted octanol–water partition coefficient (Wildman–Crippen LogP) is 22.5. The van der Waals surface area contributed by atoms with E-state index in [0.717, 1.165) is 32.1 Å². The molecule has 9 heteroatoms. The number of likely N-dealkylation sites (N-methyl/N-ethyl adjacent to an activating group) is 1. The fraction of sp³-hybridized carbons (Fsp3) is 0.957. The van der Waals surface area contributed by atoms with Crippen LogP contribution in [-0.2, 0) is 18.4 Å². The highest BCUT2D eigenvalue weighted by Crippen LogP contribution is 2.43. The molecule has 0 aliphatic heterocycles. The van der Waals surface area contributed by atoms with E-state index in [1.807, 2.05) is 27.2 Å². The number of aliphatic hydroxyl groups is 1. The van der Waals surface area contributed by atoms with Crippen molar-refractivity contribution in [2.24, 2.45) is 0 Å². The lowest BCUT2D eigenvalue weighted by Crippen LogP contribution is -2.45. The molecule has 79 heavy (non-hydrogen) atoms. The number of phosphoric ester groups is 1. The number of carbonyl (C=O) groups excluding carboxylic acids is 1. The summed E-state index contributed by atoms with van der Waals surface area (Å²) < 4.78 is 23.8. The summed E-state index contributed by atoms with van der Waals surface area (Å²) >= 11 is 0. The van der Waals surface area contributed by atoms with Gasteiger partial charge in [0.05, 0.1) is 39.9 Å². The minimum absolute atomic E-state index is 0.0655. The van der Waals surface area contributed by atoms with E-state index >= 15 is 0 Å². The molecule has 0 saturated heterocycles. The highest BCUT2D eigenvalue weighted by Gasteiger charge is 2.28. The zero-order valence-electron chi connectivity index (χ0n) is 54.2. The van der Waals surface area contributed by atoms with Crippen molar-refractivity contribution in [3.63, 3.8) is 0 Å². The Bertz CT molecular complexity index is 1290. The molecule has 0 saturated carbocycles. The van der Waals surface area contributed by atoms with Crippen molar-refractivity contribution in [2.75, 3.05) is 40.9 Å². The van der Waals surface area contributed by atoms with E-state index in [4.69, 9.17) is 9.05 Å². The molecular weight excluding hydrogens is 996 g/mol. The van der Waals surface area contributed by atoms with Crippen molar-refractivity contribution in [1.82, 2.24) is 5.32 Å². The molecule has 0 aliphatic rings. The lowest BCUT2D eigenvalue weighted by atomic mass is 10.0. The Kier molecular flexibility index (Phi) is 61.2. The summed E-state index contributed by atoms with van der Waals surface area (Å²) in [7, 11) is 1.60. The van der Waals surface area contributed by atoms with Crippen molar-refractivity contribution < 1.29 is 32.9 Å². The molecule has 3 unspecified atom stereocenters.